The summed E-state index contributed by atoms with van der Waals surface area (Å²) in [6, 6.07) is 16.7. The number of carbonyl (C=O) groups excluding carboxylic acids is 2. The lowest BCUT2D eigenvalue weighted by Gasteiger charge is -2.33. The van der Waals surface area contributed by atoms with E-state index in [9.17, 15) is 18.0 Å². The molecule has 0 aliphatic rings. The number of rotatable bonds is 11. The van der Waals surface area contributed by atoms with E-state index < -0.39 is 28.5 Å². The number of amides is 2. The fraction of sp³-hybridized carbons (Fsp3) is 0.286. The largest absolute Gasteiger partial charge is 0.355 e. The number of nitrogens with zero attached hydrogens (tertiary/aromatic N) is 2. The molecule has 3 aromatic carbocycles. The van der Waals surface area contributed by atoms with Crippen LogP contribution >= 0.6 is 34.8 Å². The molecule has 7 nitrogen and oxygen atoms in total. The van der Waals surface area contributed by atoms with Crippen LogP contribution in [0.15, 0.2) is 71.6 Å². The number of nitrogens with one attached hydrogen (secondary N) is 1. The molecule has 3 rings (SSSR count). The highest BCUT2D eigenvalue weighted by molar-refractivity contribution is 7.92. The molecule has 0 spiro atoms. The van der Waals surface area contributed by atoms with Crippen molar-refractivity contribution < 1.29 is 18.0 Å². The Morgan fingerprint density at radius 1 is 0.923 bits per heavy atom. The molecule has 0 heterocycles. The Hall–Kier alpha value is -2.78. The topological polar surface area (TPSA) is 86.8 Å². The highest BCUT2D eigenvalue weighted by Gasteiger charge is 2.34. The predicted octanol–water partition coefficient (Wildman–Crippen LogP) is 6.09. The number of sulfonamides is 1. The Bertz CT molecular complexity index is 1440. The number of hydrogen-bond donors (Lipinski definition) is 1. The molecular formula is C28H30Cl3N3O4S. The second-order valence-corrected chi connectivity index (χ2v) is 12.0. The first-order valence-corrected chi connectivity index (χ1v) is 14.9. The molecule has 0 aromatic heterocycles. The average molecular weight is 611 g/mol. The van der Waals surface area contributed by atoms with Gasteiger partial charge in [-0.2, -0.15) is 0 Å². The second kappa shape index (κ2) is 13.5. The summed E-state index contributed by atoms with van der Waals surface area (Å²) in [5.41, 5.74) is 1.43. The van der Waals surface area contributed by atoms with Crippen molar-refractivity contribution in [1.82, 2.24) is 10.2 Å². The molecule has 0 radical (unpaired) electrons. The molecular weight excluding hydrogens is 581 g/mol. The fourth-order valence-corrected chi connectivity index (χ4v) is 6.26. The van der Waals surface area contributed by atoms with Gasteiger partial charge in [0.1, 0.15) is 12.6 Å². The lowest BCUT2D eigenvalue weighted by molar-refractivity contribution is -0.140. The molecule has 0 saturated carbocycles. The smallest absolute Gasteiger partial charge is 0.264 e. The van der Waals surface area contributed by atoms with Gasteiger partial charge >= 0.3 is 0 Å². The quantitative estimate of drug-likeness (QED) is 0.285. The summed E-state index contributed by atoms with van der Waals surface area (Å²) in [5, 5.41) is 3.83. The standard InChI is InChI=1S/C28H30Cl3N3O4S/c1-4-25(28(36)32-5-2)33(17-20-12-14-21(29)15-24(20)31)27(35)18-34(26-16-22(30)13-11-19(26)3)39(37,38)23-9-7-6-8-10-23/h6-16,25H,4-5,17-18H2,1-3H3,(H,32,36). The van der Waals surface area contributed by atoms with E-state index in [4.69, 9.17) is 34.8 Å². The second-order valence-electron chi connectivity index (χ2n) is 8.83. The third-order valence-electron chi connectivity index (χ3n) is 6.14. The van der Waals surface area contributed by atoms with Crippen molar-refractivity contribution in [3.05, 3.63) is 92.9 Å². The third-order valence-corrected chi connectivity index (χ3v) is 8.74. The zero-order chi connectivity index (χ0) is 28.7. The van der Waals surface area contributed by atoms with Crippen LogP contribution in [0.3, 0.4) is 0 Å². The van der Waals surface area contributed by atoms with Gasteiger partial charge in [0.25, 0.3) is 10.0 Å². The molecule has 3 aromatic rings. The Balaban J connectivity index is 2.11. The van der Waals surface area contributed by atoms with Gasteiger partial charge in [-0.25, -0.2) is 8.42 Å². The first-order valence-electron chi connectivity index (χ1n) is 12.3. The van der Waals surface area contributed by atoms with E-state index in [0.29, 0.717) is 39.2 Å². The van der Waals surface area contributed by atoms with Crippen molar-refractivity contribution in [3.63, 3.8) is 0 Å². The SMILES string of the molecule is CCNC(=O)C(CC)N(Cc1ccc(Cl)cc1Cl)C(=O)CN(c1cc(Cl)ccc1C)S(=O)(=O)c1ccccc1. The van der Waals surface area contributed by atoms with Gasteiger partial charge in [0.05, 0.1) is 10.6 Å². The molecule has 0 bridgehead atoms. The zero-order valence-electron chi connectivity index (χ0n) is 21.8. The molecule has 208 valence electrons. The van der Waals surface area contributed by atoms with Crippen molar-refractivity contribution in [2.75, 3.05) is 17.4 Å². The number of aryl methyl sites for hydroxylation is 1. The Kier molecular flexibility index (Phi) is 10.7. The average Bonchev–Trinajstić information content (AvgIpc) is 2.90. The summed E-state index contributed by atoms with van der Waals surface area (Å²) in [7, 11) is -4.19. The van der Waals surface area contributed by atoms with Gasteiger partial charge in [0.15, 0.2) is 0 Å². The molecule has 2 amide bonds. The van der Waals surface area contributed by atoms with Gasteiger partial charge in [-0.05, 0) is 67.8 Å². The van der Waals surface area contributed by atoms with Gasteiger partial charge in [-0.15, -0.1) is 0 Å². The maximum absolute atomic E-state index is 14.0. The van der Waals surface area contributed by atoms with Crippen LogP contribution < -0.4 is 9.62 Å². The third kappa shape index (κ3) is 7.45. The minimum absolute atomic E-state index is 0.0141. The molecule has 0 saturated heterocycles. The lowest BCUT2D eigenvalue weighted by atomic mass is 10.1. The summed E-state index contributed by atoms with van der Waals surface area (Å²) in [4.78, 5) is 28.4. The minimum Gasteiger partial charge on any atom is -0.355 e. The van der Waals surface area contributed by atoms with Gasteiger partial charge in [-0.1, -0.05) is 72.1 Å². The first kappa shape index (κ1) is 30.8. The highest BCUT2D eigenvalue weighted by atomic mass is 35.5. The summed E-state index contributed by atoms with van der Waals surface area (Å²) in [6.45, 7) is 5.07. The van der Waals surface area contributed by atoms with Crippen LogP contribution in [0.5, 0.6) is 0 Å². The van der Waals surface area contributed by atoms with Gasteiger partial charge in [-0.3, -0.25) is 13.9 Å². The predicted molar refractivity (Wildman–Crippen MR) is 157 cm³/mol. The number of halogens is 3. The van der Waals surface area contributed by atoms with E-state index in [1.54, 1.807) is 69.3 Å². The summed E-state index contributed by atoms with van der Waals surface area (Å²) < 4.78 is 28.8. The van der Waals surface area contributed by atoms with Crippen LogP contribution in [0, 0.1) is 6.92 Å². The van der Waals surface area contributed by atoms with E-state index in [1.807, 2.05) is 0 Å². The van der Waals surface area contributed by atoms with Crippen molar-refractivity contribution in [2.24, 2.45) is 0 Å². The summed E-state index contributed by atoms with van der Waals surface area (Å²) in [6.07, 6.45) is 0.296. The molecule has 0 aliphatic carbocycles. The van der Waals surface area contributed by atoms with E-state index in [2.05, 4.69) is 5.32 Å². The molecule has 1 N–H and O–H groups in total. The highest BCUT2D eigenvalue weighted by Crippen LogP contribution is 2.30. The van der Waals surface area contributed by atoms with Gasteiger partial charge in [0, 0.05) is 28.2 Å². The molecule has 1 atom stereocenters. The molecule has 11 heteroatoms. The molecule has 0 fully saturated rings. The van der Waals surface area contributed by atoms with Crippen molar-refractivity contribution >= 4 is 62.3 Å². The Morgan fingerprint density at radius 3 is 2.18 bits per heavy atom. The Morgan fingerprint density at radius 2 is 1.56 bits per heavy atom. The summed E-state index contributed by atoms with van der Waals surface area (Å²) in [5.74, 6) is -0.937. The van der Waals surface area contributed by atoms with Crippen LogP contribution in [0.4, 0.5) is 5.69 Å². The minimum atomic E-state index is -4.19. The summed E-state index contributed by atoms with van der Waals surface area (Å²) >= 11 is 18.7. The van der Waals surface area contributed by atoms with Crippen LogP contribution in [-0.4, -0.2) is 44.3 Å². The monoisotopic (exact) mass is 609 g/mol. The van der Waals surface area contributed by atoms with Crippen LogP contribution in [0.2, 0.25) is 15.1 Å². The number of hydrogen-bond acceptors (Lipinski definition) is 4. The van der Waals surface area contributed by atoms with Gasteiger partial charge < -0.3 is 10.2 Å². The lowest BCUT2D eigenvalue weighted by Crippen LogP contribution is -2.52. The number of likely N-dealkylation sites (N-methyl/N-ethyl adjacent to an activating group) is 1. The first-order chi connectivity index (χ1) is 18.5. The molecule has 1 unspecified atom stereocenters. The van der Waals surface area contributed by atoms with Crippen LogP contribution in [0.25, 0.3) is 0 Å². The van der Waals surface area contributed by atoms with Crippen LogP contribution in [0.1, 0.15) is 31.4 Å². The fourth-order valence-electron chi connectivity index (χ4n) is 4.13. The normalized spacial score (nSPS) is 12.1. The van der Waals surface area contributed by atoms with Crippen molar-refractivity contribution in [3.8, 4) is 0 Å². The molecule has 39 heavy (non-hydrogen) atoms. The number of benzene rings is 3. The van der Waals surface area contributed by atoms with E-state index in [0.717, 1.165) is 4.31 Å². The van der Waals surface area contributed by atoms with Crippen LogP contribution in [-0.2, 0) is 26.2 Å². The number of carbonyl (C=O) groups is 2. The Labute approximate surface area is 244 Å². The van der Waals surface area contributed by atoms with Crippen molar-refractivity contribution in [2.45, 2.75) is 44.7 Å². The molecule has 0 aliphatic heterocycles. The zero-order valence-corrected chi connectivity index (χ0v) is 24.9. The van der Waals surface area contributed by atoms with E-state index in [-0.39, 0.29) is 23.0 Å². The maximum Gasteiger partial charge on any atom is 0.264 e. The van der Waals surface area contributed by atoms with Gasteiger partial charge in [0.2, 0.25) is 11.8 Å². The van der Waals surface area contributed by atoms with E-state index in [1.165, 1.54) is 23.1 Å². The maximum atomic E-state index is 14.0. The van der Waals surface area contributed by atoms with Crippen molar-refractivity contribution in [1.29, 1.82) is 0 Å². The number of anilines is 1. The van der Waals surface area contributed by atoms with E-state index >= 15 is 0 Å².